The van der Waals surface area contributed by atoms with Gasteiger partial charge < -0.3 is 20.1 Å². The number of amides is 2. The van der Waals surface area contributed by atoms with Crippen molar-refractivity contribution < 1.29 is 22.7 Å². The lowest BCUT2D eigenvalue weighted by Gasteiger charge is -2.16. The number of ether oxygens (including phenoxy) is 2. The highest BCUT2D eigenvalue weighted by atomic mass is 32.2. The Hall–Kier alpha value is -1.96. The summed E-state index contributed by atoms with van der Waals surface area (Å²) < 4.78 is 33.4. The van der Waals surface area contributed by atoms with Gasteiger partial charge in [0.15, 0.2) is 21.3 Å². The van der Waals surface area contributed by atoms with Gasteiger partial charge in [-0.1, -0.05) is 6.07 Å². The third-order valence-electron chi connectivity index (χ3n) is 4.12. The Morgan fingerprint density at radius 1 is 1.35 bits per heavy atom. The molecule has 126 valence electrons. The van der Waals surface area contributed by atoms with E-state index in [4.69, 9.17) is 9.47 Å². The van der Waals surface area contributed by atoms with Crippen LogP contribution in [0.3, 0.4) is 0 Å². The zero-order chi connectivity index (χ0) is 16.4. The van der Waals surface area contributed by atoms with Crippen molar-refractivity contribution in [3.63, 3.8) is 0 Å². The van der Waals surface area contributed by atoms with Crippen molar-refractivity contribution in [3.05, 3.63) is 23.8 Å². The van der Waals surface area contributed by atoms with E-state index in [0.29, 0.717) is 24.5 Å². The van der Waals surface area contributed by atoms with Gasteiger partial charge in [0.05, 0.1) is 17.5 Å². The van der Waals surface area contributed by atoms with Crippen LogP contribution in [-0.4, -0.2) is 39.3 Å². The Kier molecular flexibility index (Phi) is 4.34. The van der Waals surface area contributed by atoms with Crippen LogP contribution < -0.4 is 20.1 Å². The summed E-state index contributed by atoms with van der Waals surface area (Å²) in [6.45, 7) is 2.46. The molecular formula is C15H20N2O5S. The van der Waals surface area contributed by atoms with Crippen LogP contribution in [0.5, 0.6) is 11.5 Å². The van der Waals surface area contributed by atoms with Crippen LogP contribution in [0.25, 0.3) is 0 Å². The molecule has 2 aliphatic rings. The normalized spacial score (nSPS) is 22.6. The van der Waals surface area contributed by atoms with E-state index >= 15 is 0 Å². The average Bonchev–Trinajstić information content (AvgIpc) is 3.10. The van der Waals surface area contributed by atoms with Crippen LogP contribution in [0.1, 0.15) is 24.9 Å². The molecule has 0 saturated carbocycles. The first kappa shape index (κ1) is 15.9. The number of hydrogen-bond acceptors (Lipinski definition) is 5. The van der Waals surface area contributed by atoms with Gasteiger partial charge in [0.25, 0.3) is 0 Å². The first-order chi connectivity index (χ1) is 10.9. The van der Waals surface area contributed by atoms with E-state index in [0.717, 1.165) is 5.56 Å². The monoisotopic (exact) mass is 340 g/mol. The molecule has 2 N–H and O–H groups in total. The molecule has 3 rings (SSSR count). The summed E-state index contributed by atoms with van der Waals surface area (Å²) in [6, 6.07) is 5.03. The van der Waals surface area contributed by atoms with Gasteiger partial charge in [0.1, 0.15) is 0 Å². The SMILES string of the molecule is CC(NC(=O)NCC1CCS(=O)(=O)C1)c1ccc2c(c1)OCO2. The molecule has 1 aromatic carbocycles. The Morgan fingerprint density at radius 2 is 2.13 bits per heavy atom. The maximum absolute atomic E-state index is 12.0. The number of sulfone groups is 1. The zero-order valence-electron chi connectivity index (χ0n) is 12.9. The summed E-state index contributed by atoms with van der Waals surface area (Å²) >= 11 is 0. The quantitative estimate of drug-likeness (QED) is 0.859. The summed E-state index contributed by atoms with van der Waals surface area (Å²) in [4.78, 5) is 12.0. The van der Waals surface area contributed by atoms with Crippen molar-refractivity contribution in [2.24, 2.45) is 5.92 Å². The third-order valence-corrected chi connectivity index (χ3v) is 5.96. The first-order valence-corrected chi connectivity index (χ1v) is 9.39. The lowest BCUT2D eigenvalue weighted by molar-refractivity contribution is 0.174. The number of carbonyl (C=O) groups excluding carboxylic acids is 1. The second kappa shape index (κ2) is 6.27. The van der Waals surface area contributed by atoms with Gasteiger partial charge in [0.2, 0.25) is 6.79 Å². The van der Waals surface area contributed by atoms with Gasteiger partial charge >= 0.3 is 6.03 Å². The van der Waals surface area contributed by atoms with Crippen LogP contribution in [0, 0.1) is 5.92 Å². The van der Waals surface area contributed by atoms with Crippen LogP contribution in [0.15, 0.2) is 18.2 Å². The number of hydrogen-bond donors (Lipinski definition) is 2. The number of rotatable bonds is 4. The molecule has 2 aliphatic heterocycles. The highest BCUT2D eigenvalue weighted by molar-refractivity contribution is 7.91. The maximum atomic E-state index is 12.0. The molecule has 23 heavy (non-hydrogen) atoms. The number of carbonyl (C=O) groups is 1. The van der Waals surface area contributed by atoms with Gasteiger partial charge in [-0.15, -0.1) is 0 Å². The highest BCUT2D eigenvalue weighted by Gasteiger charge is 2.28. The van der Waals surface area contributed by atoms with Gasteiger partial charge in [-0.25, -0.2) is 13.2 Å². The molecule has 2 atom stereocenters. The van der Waals surface area contributed by atoms with Crippen LogP contribution >= 0.6 is 0 Å². The molecule has 1 aromatic rings. The topological polar surface area (TPSA) is 93.7 Å². The molecule has 1 fully saturated rings. The molecule has 2 amide bonds. The molecule has 1 saturated heterocycles. The first-order valence-electron chi connectivity index (χ1n) is 7.57. The number of fused-ring (bicyclic) bond motifs is 1. The Bertz CT molecular complexity index is 704. The summed E-state index contributed by atoms with van der Waals surface area (Å²) in [5.41, 5.74) is 0.910. The molecule has 2 heterocycles. The lowest BCUT2D eigenvalue weighted by Crippen LogP contribution is -2.39. The minimum absolute atomic E-state index is 0.00611. The Balaban J connectivity index is 1.49. The third kappa shape index (κ3) is 3.87. The van der Waals surface area contributed by atoms with Crippen LogP contribution in [0.2, 0.25) is 0 Å². The molecule has 7 nitrogen and oxygen atoms in total. The summed E-state index contributed by atoms with van der Waals surface area (Å²) in [7, 11) is -2.91. The van der Waals surface area contributed by atoms with Crippen molar-refractivity contribution in [1.82, 2.24) is 10.6 Å². The number of urea groups is 1. The predicted molar refractivity (Wildman–Crippen MR) is 84.3 cm³/mol. The smallest absolute Gasteiger partial charge is 0.315 e. The van der Waals surface area contributed by atoms with E-state index in [9.17, 15) is 13.2 Å². The summed E-state index contributed by atoms with van der Waals surface area (Å²) in [5, 5.41) is 5.58. The van der Waals surface area contributed by atoms with Gasteiger partial charge in [0, 0.05) is 6.54 Å². The lowest BCUT2D eigenvalue weighted by atomic mass is 10.1. The molecule has 0 aliphatic carbocycles. The van der Waals surface area contributed by atoms with E-state index in [1.165, 1.54) is 0 Å². The van der Waals surface area contributed by atoms with Crippen molar-refractivity contribution >= 4 is 15.9 Å². The van der Waals surface area contributed by atoms with E-state index in [-0.39, 0.29) is 36.3 Å². The minimum Gasteiger partial charge on any atom is -0.454 e. The molecule has 8 heteroatoms. The Morgan fingerprint density at radius 3 is 2.87 bits per heavy atom. The summed E-state index contributed by atoms with van der Waals surface area (Å²) in [5.74, 6) is 1.76. The molecule has 0 spiro atoms. The zero-order valence-corrected chi connectivity index (χ0v) is 13.7. The standard InChI is InChI=1S/C15H20N2O5S/c1-10(12-2-3-13-14(6-12)22-9-21-13)17-15(18)16-7-11-4-5-23(19,20)8-11/h2-3,6,10-11H,4-5,7-9H2,1H3,(H2,16,17,18). The minimum atomic E-state index is -2.91. The van der Waals surface area contributed by atoms with Crippen molar-refractivity contribution in [2.45, 2.75) is 19.4 Å². The highest BCUT2D eigenvalue weighted by Crippen LogP contribution is 2.34. The number of benzene rings is 1. The van der Waals surface area contributed by atoms with E-state index in [1.54, 1.807) is 0 Å². The Labute approximate surface area is 135 Å². The van der Waals surface area contributed by atoms with E-state index in [2.05, 4.69) is 10.6 Å². The van der Waals surface area contributed by atoms with Gasteiger partial charge in [-0.2, -0.15) is 0 Å². The fourth-order valence-corrected chi connectivity index (χ4v) is 4.65. The molecule has 0 radical (unpaired) electrons. The fourth-order valence-electron chi connectivity index (χ4n) is 2.78. The fraction of sp³-hybridized carbons (Fsp3) is 0.533. The van der Waals surface area contributed by atoms with Crippen molar-refractivity contribution in [1.29, 1.82) is 0 Å². The van der Waals surface area contributed by atoms with Gasteiger partial charge in [-0.05, 0) is 37.0 Å². The molecular weight excluding hydrogens is 320 g/mol. The average molecular weight is 340 g/mol. The largest absolute Gasteiger partial charge is 0.454 e. The second-order valence-electron chi connectivity index (χ2n) is 5.96. The molecule has 0 bridgehead atoms. The summed E-state index contributed by atoms with van der Waals surface area (Å²) in [6.07, 6.45) is 0.611. The van der Waals surface area contributed by atoms with Crippen LogP contribution in [-0.2, 0) is 9.84 Å². The van der Waals surface area contributed by atoms with Crippen LogP contribution in [0.4, 0.5) is 4.79 Å². The van der Waals surface area contributed by atoms with Crippen molar-refractivity contribution in [3.8, 4) is 11.5 Å². The predicted octanol–water partition coefficient (Wildman–Crippen LogP) is 1.21. The van der Waals surface area contributed by atoms with E-state index < -0.39 is 9.84 Å². The van der Waals surface area contributed by atoms with Gasteiger partial charge in [-0.3, -0.25) is 0 Å². The van der Waals surface area contributed by atoms with E-state index in [1.807, 2.05) is 25.1 Å². The molecule has 2 unspecified atom stereocenters. The number of nitrogens with one attached hydrogen (secondary N) is 2. The second-order valence-corrected chi connectivity index (χ2v) is 8.19. The molecule has 0 aromatic heterocycles. The maximum Gasteiger partial charge on any atom is 0.315 e. The van der Waals surface area contributed by atoms with Crippen molar-refractivity contribution in [2.75, 3.05) is 24.8 Å².